The van der Waals surface area contributed by atoms with Crippen LogP contribution in [0.25, 0.3) is 10.8 Å². The Balaban J connectivity index is 2.20. The fourth-order valence-electron chi connectivity index (χ4n) is 2.57. The van der Waals surface area contributed by atoms with Crippen LogP contribution in [0.4, 0.5) is 4.39 Å². The van der Waals surface area contributed by atoms with Gasteiger partial charge in [-0.1, -0.05) is 63.9 Å². The highest BCUT2D eigenvalue weighted by Crippen LogP contribution is 2.38. The van der Waals surface area contributed by atoms with E-state index in [9.17, 15) is 4.39 Å². The van der Waals surface area contributed by atoms with Crippen molar-refractivity contribution in [1.29, 1.82) is 0 Å². The number of benzene rings is 3. The van der Waals surface area contributed by atoms with Crippen molar-refractivity contribution < 1.29 is 4.39 Å². The van der Waals surface area contributed by atoms with Crippen molar-refractivity contribution in [2.45, 2.75) is 11.8 Å². The monoisotopic (exact) mass is 362 g/mol. The molecule has 0 aliphatic carbocycles. The van der Waals surface area contributed by atoms with E-state index in [-0.39, 0.29) is 10.6 Å². The van der Waals surface area contributed by atoms with E-state index in [4.69, 9.17) is 11.6 Å². The summed E-state index contributed by atoms with van der Waals surface area (Å²) in [6, 6.07) is 16.9. The standard InChI is InChI=1S/C18H13BrClF/c1-11-6-8-15(14-5-3-2-4-13(11)14)18(19)16-10-12(20)7-9-17(16)21/h2-10,18H,1H3. The molecule has 0 saturated heterocycles. The molecular weight excluding hydrogens is 351 g/mol. The molecule has 0 aliphatic rings. The first-order valence-corrected chi connectivity index (χ1v) is 7.94. The molecule has 0 aliphatic heterocycles. The summed E-state index contributed by atoms with van der Waals surface area (Å²) >= 11 is 9.63. The van der Waals surface area contributed by atoms with Crippen LogP contribution in [0.2, 0.25) is 5.02 Å². The van der Waals surface area contributed by atoms with Crippen LogP contribution in [0.5, 0.6) is 0 Å². The zero-order chi connectivity index (χ0) is 15.0. The predicted molar refractivity (Wildman–Crippen MR) is 90.9 cm³/mol. The SMILES string of the molecule is Cc1ccc(C(Br)c2cc(Cl)ccc2F)c2ccccc12. The smallest absolute Gasteiger partial charge is 0.127 e. The molecule has 1 atom stereocenters. The maximum absolute atomic E-state index is 14.1. The van der Waals surface area contributed by atoms with Crippen LogP contribution in [0.3, 0.4) is 0 Å². The highest BCUT2D eigenvalue weighted by molar-refractivity contribution is 9.09. The Hall–Kier alpha value is -1.38. The second-order valence-corrected chi connectivity index (χ2v) is 6.40. The van der Waals surface area contributed by atoms with Crippen LogP contribution >= 0.6 is 27.5 Å². The molecular formula is C18H13BrClF. The molecule has 0 fully saturated rings. The average Bonchev–Trinajstić information content (AvgIpc) is 2.50. The van der Waals surface area contributed by atoms with Gasteiger partial charge in [0, 0.05) is 10.6 Å². The molecule has 0 radical (unpaired) electrons. The lowest BCUT2D eigenvalue weighted by Gasteiger charge is -2.16. The molecule has 3 rings (SSSR count). The van der Waals surface area contributed by atoms with Gasteiger partial charge in [-0.15, -0.1) is 0 Å². The lowest BCUT2D eigenvalue weighted by Crippen LogP contribution is -1.98. The molecule has 0 spiro atoms. The second-order valence-electron chi connectivity index (χ2n) is 5.05. The van der Waals surface area contributed by atoms with Crippen LogP contribution < -0.4 is 0 Å². The van der Waals surface area contributed by atoms with Crippen molar-refractivity contribution >= 4 is 38.3 Å². The summed E-state index contributed by atoms with van der Waals surface area (Å²) < 4.78 is 14.1. The largest absolute Gasteiger partial charge is 0.207 e. The average molecular weight is 364 g/mol. The highest BCUT2D eigenvalue weighted by Gasteiger charge is 2.18. The van der Waals surface area contributed by atoms with E-state index in [1.807, 2.05) is 18.2 Å². The Kier molecular flexibility index (Phi) is 4.01. The first-order valence-electron chi connectivity index (χ1n) is 6.65. The van der Waals surface area contributed by atoms with Crippen LogP contribution in [0.1, 0.15) is 21.5 Å². The third-order valence-electron chi connectivity index (χ3n) is 3.68. The van der Waals surface area contributed by atoms with E-state index < -0.39 is 0 Å². The minimum Gasteiger partial charge on any atom is -0.207 e. The van der Waals surface area contributed by atoms with Gasteiger partial charge in [-0.25, -0.2) is 4.39 Å². The number of aryl methyl sites for hydroxylation is 1. The number of alkyl halides is 1. The normalized spacial score (nSPS) is 12.6. The van der Waals surface area contributed by atoms with E-state index >= 15 is 0 Å². The molecule has 0 nitrogen and oxygen atoms in total. The molecule has 3 aromatic carbocycles. The van der Waals surface area contributed by atoms with Gasteiger partial charge in [-0.2, -0.15) is 0 Å². The van der Waals surface area contributed by atoms with Crippen LogP contribution in [-0.2, 0) is 0 Å². The van der Waals surface area contributed by atoms with Gasteiger partial charge in [0.25, 0.3) is 0 Å². The summed E-state index contributed by atoms with van der Waals surface area (Å²) in [5.41, 5.74) is 2.80. The number of halogens is 3. The first-order chi connectivity index (χ1) is 10.1. The molecule has 0 aromatic heterocycles. The Labute approximate surface area is 136 Å². The van der Waals surface area contributed by atoms with Gasteiger partial charge in [0.1, 0.15) is 5.82 Å². The molecule has 0 amide bonds. The second kappa shape index (κ2) is 5.78. The van der Waals surface area contributed by atoms with Crippen molar-refractivity contribution in [1.82, 2.24) is 0 Å². The fourth-order valence-corrected chi connectivity index (χ4v) is 3.50. The molecule has 106 valence electrons. The summed E-state index contributed by atoms with van der Waals surface area (Å²) in [5.74, 6) is -0.258. The van der Waals surface area contributed by atoms with Gasteiger partial charge < -0.3 is 0 Å². The molecule has 21 heavy (non-hydrogen) atoms. The summed E-state index contributed by atoms with van der Waals surface area (Å²) in [5, 5.41) is 2.84. The maximum atomic E-state index is 14.1. The quantitative estimate of drug-likeness (QED) is 0.460. The number of hydrogen-bond acceptors (Lipinski definition) is 0. The molecule has 0 saturated carbocycles. The third-order valence-corrected chi connectivity index (χ3v) is 4.90. The Morgan fingerprint density at radius 2 is 1.67 bits per heavy atom. The van der Waals surface area contributed by atoms with Crippen molar-refractivity contribution in [2.24, 2.45) is 0 Å². The van der Waals surface area contributed by atoms with Crippen molar-refractivity contribution in [3.05, 3.63) is 82.1 Å². The van der Waals surface area contributed by atoms with Crippen molar-refractivity contribution in [3.8, 4) is 0 Å². The van der Waals surface area contributed by atoms with E-state index in [1.54, 1.807) is 12.1 Å². The minimum atomic E-state index is -0.258. The molecule has 3 heteroatoms. The highest BCUT2D eigenvalue weighted by atomic mass is 79.9. The van der Waals surface area contributed by atoms with E-state index in [2.05, 4.69) is 41.1 Å². The summed E-state index contributed by atoms with van der Waals surface area (Å²) in [6.07, 6.45) is 0. The van der Waals surface area contributed by atoms with E-state index in [1.165, 1.54) is 17.0 Å². The van der Waals surface area contributed by atoms with Crippen molar-refractivity contribution in [3.63, 3.8) is 0 Å². The Morgan fingerprint density at radius 3 is 2.43 bits per heavy atom. The van der Waals surface area contributed by atoms with Gasteiger partial charge in [0.15, 0.2) is 0 Å². The van der Waals surface area contributed by atoms with Crippen LogP contribution in [0.15, 0.2) is 54.6 Å². The summed E-state index contributed by atoms with van der Waals surface area (Å²) in [4.78, 5) is -0.235. The molecule has 1 unspecified atom stereocenters. The number of hydrogen-bond donors (Lipinski definition) is 0. The van der Waals surface area contributed by atoms with Crippen LogP contribution in [0, 0.1) is 12.7 Å². The summed E-state index contributed by atoms with van der Waals surface area (Å²) in [7, 11) is 0. The van der Waals surface area contributed by atoms with Gasteiger partial charge in [0.2, 0.25) is 0 Å². The van der Waals surface area contributed by atoms with Crippen LogP contribution in [-0.4, -0.2) is 0 Å². The Bertz CT molecular complexity index is 813. The maximum Gasteiger partial charge on any atom is 0.127 e. The van der Waals surface area contributed by atoms with Crippen molar-refractivity contribution in [2.75, 3.05) is 0 Å². The van der Waals surface area contributed by atoms with Gasteiger partial charge in [0.05, 0.1) is 4.83 Å². The minimum absolute atomic E-state index is 0.235. The van der Waals surface area contributed by atoms with E-state index in [0.717, 1.165) is 10.9 Å². The fraction of sp³-hybridized carbons (Fsp3) is 0.111. The predicted octanol–water partition coefficient (Wildman–Crippen LogP) is 6.43. The zero-order valence-corrected chi connectivity index (χ0v) is 13.7. The topological polar surface area (TPSA) is 0 Å². The van der Waals surface area contributed by atoms with Gasteiger partial charge >= 0.3 is 0 Å². The van der Waals surface area contributed by atoms with E-state index in [0.29, 0.717) is 10.6 Å². The third kappa shape index (κ3) is 2.70. The lowest BCUT2D eigenvalue weighted by atomic mass is 9.95. The lowest BCUT2D eigenvalue weighted by molar-refractivity contribution is 0.614. The molecule has 0 heterocycles. The summed E-state index contributed by atoms with van der Waals surface area (Å²) in [6.45, 7) is 2.08. The molecule has 0 N–H and O–H groups in total. The number of rotatable bonds is 2. The Morgan fingerprint density at radius 1 is 0.952 bits per heavy atom. The van der Waals surface area contributed by atoms with Gasteiger partial charge in [-0.3, -0.25) is 0 Å². The first kappa shape index (κ1) is 14.6. The number of fused-ring (bicyclic) bond motifs is 1. The zero-order valence-electron chi connectivity index (χ0n) is 11.4. The van der Waals surface area contributed by atoms with Gasteiger partial charge in [-0.05, 0) is 47.0 Å². The molecule has 3 aromatic rings. The molecule has 0 bridgehead atoms.